The normalized spacial score (nSPS) is 17.4. The standard InChI is InChI=1S/C30H27ClF4N4O4/c31-21-3-1-20(23(32)11-21)16-43-28-22(30(33,34)35)9-18-5-7-38(13-25(18)37-28)14-27-36-24-4-2-19(29(40)41)10-26(24)39(27)12-17-6-8-42-15-17/h1-4,9-11,17H,5-8,12-16H2,(H,40,41)/t17-/m0/s1. The van der Waals surface area contributed by atoms with E-state index in [1.807, 2.05) is 9.47 Å². The smallest absolute Gasteiger partial charge is 0.421 e. The minimum absolute atomic E-state index is 0.0521. The third kappa shape index (κ3) is 6.31. The van der Waals surface area contributed by atoms with Crippen LogP contribution in [0.5, 0.6) is 5.88 Å². The Morgan fingerprint density at radius 1 is 1.16 bits per heavy atom. The summed E-state index contributed by atoms with van der Waals surface area (Å²) in [5.74, 6) is -1.37. The average molecular weight is 619 g/mol. The summed E-state index contributed by atoms with van der Waals surface area (Å²) in [4.78, 5) is 22.7. The van der Waals surface area contributed by atoms with E-state index in [1.54, 1.807) is 12.1 Å². The Balaban J connectivity index is 1.27. The van der Waals surface area contributed by atoms with Crippen LogP contribution in [-0.4, -0.2) is 50.3 Å². The molecule has 0 radical (unpaired) electrons. The third-order valence-electron chi connectivity index (χ3n) is 7.82. The van der Waals surface area contributed by atoms with E-state index in [2.05, 4.69) is 4.98 Å². The van der Waals surface area contributed by atoms with Crippen molar-refractivity contribution in [1.29, 1.82) is 0 Å². The molecule has 2 aromatic heterocycles. The van der Waals surface area contributed by atoms with Crippen molar-refractivity contribution in [2.75, 3.05) is 19.8 Å². The molecule has 4 aromatic rings. The summed E-state index contributed by atoms with van der Waals surface area (Å²) >= 11 is 5.78. The fourth-order valence-electron chi connectivity index (χ4n) is 5.55. The Morgan fingerprint density at radius 2 is 2.00 bits per heavy atom. The Kier molecular flexibility index (Phi) is 8.01. The van der Waals surface area contributed by atoms with Crippen molar-refractivity contribution in [3.63, 3.8) is 0 Å². The van der Waals surface area contributed by atoms with Gasteiger partial charge in [0.15, 0.2) is 0 Å². The number of aromatic carboxylic acids is 1. The van der Waals surface area contributed by atoms with E-state index in [0.717, 1.165) is 24.4 Å². The van der Waals surface area contributed by atoms with Gasteiger partial charge in [0.25, 0.3) is 0 Å². The van der Waals surface area contributed by atoms with Crippen LogP contribution < -0.4 is 4.74 Å². The lowest BCUT2D eigenvalue weighted by molar-refractivity contribution is -0.139. The van der Waals surface area contributed by atoms with Crippen LogP contribution >= 0.6 is 11.6 Å². The van der Waals surface area contributed by atoms with Crippen molar-refractivity contribution >= 4 is 28.6 Å². The van der Waals surface area contributed by atoms with E-state index >= 15 is 0 Å². The van der Waals surface area contributed by atoms with Gasteiger partial charge in [-0.2, -0.15) is 13.2 Å². The van der Waals surface area contributed by atoms with Gasteiger partial charge < -0.3 is 19.1 Å². The van der Waals surface area contributed by atoms with Gasteiger partial charge in [0.05, 0.1) is 35.4 Å². The zero-order valence-corrected chi connectivity index (χ0v) is 23.6. The van der Waals surface area contributed by atoms with Crippen LogP contribution in [0.2, 0.25) is 5.02 Å². The molecule has 43 heavy (non-hydrogen) atoms. The molecule has 0 saturated carbocycles. The number of nitrogens with zero attached hydrogens (tertiary/aromatic N) is 4. The summed E-state index contributed by atoms with van der Waals surface area (Å²) in [6.45, 7) is 2.51. The second-order valence-electron chi connectivity index (χ2n) is 10.8. The maximum atomic E-state index is 14.3. The van der Waals surface area contributed by atoms with Gasteiger partial charge in [0.2, 0.25) is 5.88 Å². The van der Waals surface area contributed by atoms with Gasteiger partial charge in [-0.3, -0.25) is 4.90 Å². The summed E-state index contributed by atoms with van der Waals surface area (Å²) < 4.78 is 69.1. The molecule has 2 aliphatic heterocycles. The number of fused-ring (bicyclic) bond motifs is 2. The number of hydrogen-bond donors (Lipinski definition) is 1. The molecule has 13 heteroatoms. The van der Waals surface area contributed by atoms with Crippen LogP contribution in [-0.2, 0) is 43.6 Å². The molecule has 0 unspecified atom stereocenters. The molecule has 0 spiro atoms. The number of ether oxygens (including phenoxy) is 2. The van der Waals surface area contributed by atoms with Crippen molar-refractivity contribution < 1.29 is 36.9 Å². The molecule has 8 nitrogen and oxygen atoms in total. The minimum Gasteiger partial charge on any atom is -0.478 e. The third-order valence-corrected chi connectivity index (χ3v) is 8.05. The lowest BCUT2D eigenvalue weighted by Crippen LogP contribution is -2.32. The molecule has 4 heterocycles. The topological polar surface area (TPSA) is 89.7 Å². The predicted molar refractivity (Wildman–Crippen MR) is 148 cm³/mol. The van der Waals surface area contributed by atoms with Gasteiger partial charge >= 0.3 is 12.1 Å². The van der Waals surface area contributed by atoms with E-state index < -0.39 is 36.0 Å². The number of hydrogen-bond acceptors (Lipinski definition) is 6. The maximum Gasteiger partial charge on any atom is 0.421 e. The van der Waals surface area contributed by atoms with Gasteiger partial charge in [-0.15, -0.1) is 0 Å². The van der Waals surface area contributed by atoms with Crippen LogP contribution in [0.4, 0.5) is 17.6 Å². The fraction of sp³-hybridized carbons (Fsp3) is 0.367. The zero-order chi connectivity index (χ0) is 30.3. The summed E-state index contributed by atoms with van der Waals surface area (Å²) in [6.07, 6.45) is -3.50. The largest absolute Gasteiger partial charge is 0.478 e. The fourth-order valence-corrected chi connectivity index (χ4v) is 5.70. The molecule has 226 valence electrons. The molecule has 1 N–H and O–H groups in total. The van der Waals surface area contributed by atoms with E-state index in [1.165, 1.54) is 18.2 Å². The van der Waals surface area contributed by atoms with Gasteiger partial charge in [0, 0.05) is 42.7 Å². The molecule has 0 bridgehead atoms. The number of rotatable bonds is 8. The molecule has 6 rings (SSSR count). The first-order valence-corrected chi connectivity index (χ1v) is 14.1. The van der Waals surface area contributed by atoms with E-state index in [-0.39, 0.29) is 28.6 Å². The minimum atomic E-state index is -4.71. The summed E-state index contributed by atoms with van der Waals surface area (Å²) in [6, 6.07) is 9.73. The first kappa shape index (κ1) is 29.3. The van der Waals surface area contributed by atoms with E-state index in [0.29, 0.717) is 61.6 Å². The molecule has 2 aromatic carbocycles. The predicted octanol–water partition coefficient (Wildman–Crippen LogP) is 6.11. The second-order valence-corrected chi connectivity index (χ2v) is 11.2. The lowest BCUT2D eigenvalue weighted by Gasteiger charge is -2.29. The van der Waals surface area contributed by atoms with Crippen molar-refractivity contribution in [2.24, 2.45) is 5.92 Å². The Morgan fingerprint density at radius 3 is 2.72 bits per heavy atom. The zero-order valence-electron chi connectivity index (χ0n) is 22.8. The van der Waals surface area contributed by atoms with Crippen LogP contribution in [0.1, 0.15) is 45.0 Å². The Hall–Kier alpha value is -3.74. The molecule has 0 aliphatic carbocycles. The number of alkyl halides is 3. The maximum absolute atomic E-state index is 14.3. The number of pyridine rings is 1. The first-order chi connectivity index (χ1) is 20.5. The Bertz CT molecular complexity index is 1690. The van der Waals surface area contributed by atoms with Crippen LogP contribution in [0.25, 0.3) is 11.0 Å². The van der Waals surface area contributed by atoms with Crippen molar-refractivity contribution in [3.05, 3.63) is 87.1 Å². The number of benzene rings is 2. The van der Waals surface area contributed by atoms with Gasteiger partial charge in [-0.05, 0) is 54.8 Å². The van der Waals surface area contributed by atoms with Crippen LogP contribution in [0.3, 0.4) is 0 Å². The van der Waals surface area contributed by atoms with Gasteiger partial charge in [0.1, 0.15) is 23.8 Å². The molecule has 2 aliphatic rings. The van der Waals surface area contributed by atoms with Crippen LogP contribution in [0, 0.1) is 11.7 Å². The van der Waals surface area contributed by atoms with E-state index in [4.69, 9.17) is 26.1 Å². The van der Waals surface area contributed by atoms with Crippen molar-refractivity contribution in [1.82, 2.24) is 19.4 Å². The van der Waals surface area contributed by atoms with Gasteiger partial charge in [-0.1, -0.05) is 17.7 Å². The number of halogens is 5. The quantitative estimate of drug-likeness (QED) is 0.238. The van der Waals surface area contributed by atoms with Gasteiger partial charge in [-0.25, -0.2) is 19.2 Å². The number of carboxylic acid groups (broad SMARTS) is 1. The lowest BCUT2D eigenvalue weighted by atomic mass is 10.0. The number of carbonyl (C=O) groups is 1. The SMILES string of the molecule is O=C(O)c1ccc2nc(CN3CCc4cc(C(F)(F)F)c(OCc5ccc(Cl)cc5F)nc4C3)n(C[C@@H]3CCOC3)c2c1. The van der Waals surface area contributed by atoms with Crippen molar-refractivity contribution in [3.8, 4) is 5.88 Å². The molecule has 1 saturated heterocycles. The van der Waals surface area contributed by atoms with Crippen LogP contribution in [0.15, 0.2) is 42.5 Å². The second kappa shape index (κ2) is 11.7. The highest BCUT2D eigenvalue weighted by atomic mass is 35.5. The highest BCUT2D eigenvalue weighted by Gasteiger charge is 2.37. The highest BCUT2D eigenvalue weighted by molar-refractivity contribution is 6.30. The molecular formula is C30H27ClF4N4O4. The van der Waals surface area contributed by atoms with Crippen molar-refractivity contribution in [2.45, 2.75) is 45.3 Å². The molecule has 1 atom stereocenters. The molecule has 0 amide bonds. The summed E-state index contributed by atoms with van der Waals surface area (Å²) in [7, 11) is 0. The summed E-state index contributed by atoms with van der Waals surface area (Å²) in [5, 5.41) is 9.69. The number of aromatic nitrogens is 3. The Labute approximate surface area is 248 Å². The number of carboxylic acids is 1. The first-order valence-electron chi connectivity index (χ1n) is 13.7. The van der Waals surface area contributed by atoms with E-state index in [9.17, 15) is 27.5 Å². The average Bonchev–Trinajstić information content (AvgIpc) is 3.59. The number of imidazole rings is 1. The molecular weight excluding hydrogens is 592 g/mol. The monoisotopic (exact) mass is 618 g/mol. The highest BCUT2D eigenvalue weighted by Crippen LogP contribution is 2.38. The summed E-state index contributed by atoms with van der Waals surface area (Å²) in [5.41, 5.74) is 1.47. The molecule has 1 fully saturated rings.